The molecule has 124 valence electrons. The van der Waals surface area contributed by atoms with Crippen LogP contribution in [0, 0.1) is 0 Å². The third kappa shape index (κ3) is 15.0. The Morgan fingerprint density at radius 1 is 1.00 bits per heavy atom. The van der Waals surface area contributed by atoms with Crippen molar-refractivity contribution in [2.45, 2.75) is 39.2 Å². The first kappa shape index (κ1) is 19.8. The highest BCUT2D eigenvalue weighted by Gasteiger charge is 2.16. The first-order chi connectivity index (χ1) is 9.85. The zero-order valence-corrected chi connectivity index (χ0v) is 13.3. The third-order valence-corrected chi connectivity index (χ3v) is 2.18. The van der Waals surface area contributed by atoms with E-state index in [1.165, 1.54) is 0 Å². The molecule has 0 bridgehead atoms. The van der Waals surface area contributed by atoms with Crippen LogP contribution in [-0.4, -0.2) is 57.0 Å². The van der Waals surface area contributed by atoms with Crippen LogP contribution < -0.4 is 11.1 Å². The van der Waals surface area contributed by atoms with Gasteiger partial charge in [0.2, 0.25) is 5.91 Å². The number of nitrogens with one attached hydrogen (secondary N) is 1. The van der Waals surface area contributed by atoms with Gasteiger partial charge in [-0.1, -0.05) is 0 Å². The van der Waals surface area contributed by atoms with Crippen molar-refractivity contribution in [1.82, 2.24) is 5.32 Å². The predicted molar refractivity (Wildman–Crippen MR) is 78.8 cm³/mol. The van der Waals surface area contributed by atoms with Crippen molar-refractivity contribution < 1.29 is 23.8 Å². The largest absolute Gasteiger partial charge is 0.460 e. The molecule has 0 saturated heterocycles. The van der Waals surface area contributed by atoms with Crippen molar-refractivity contribution in [2.24, 2.45) is 5.73 Å². The van der Waals surface area contributed by atoms with Gasteiger partial charge in [-0.25, -0.2) is 0 Å². The maximum Gasteiger partial charge on any atom is 0.306 e. The lowest BCUT2D eigenvalue weighted by Gasteiger charge is -2.19. The highest BCUT2D eigenvalue weighted by atomic mass is 16.6. The number of nitrogens with two attached hydrogens (primary N) is 1. The number of hydrogen-bond acceptors (Lipinski definition) is 6. The van der Waals surface area contributed by atoms with E-state index in [0.717, 1.165) is 0 Å². The summed E-state index contributed by atoms with van der Waals surface area (Å²) in [6, 6.07) is 0. The van der Waals surface area contributed by atoms with E-state index < -0.39 is 5.60 Å². The molecule has 0 aromatic carbocycles. The molecule has 0 aromatic heterocycles. The predicted octanol–water partition coefficient (Wildman–Crippen LogP) is 0.216. The summed E-state index contributed by atoms with van der Waals surface area (Å²) in [7, 11) is 0. The fraction of sp³-hybridized carbons (Fsp3) is 0.857. The first-order valence-corrected chi connectivity index (χ1v) is 7.19. The lowest BCUT2D eigenvalue weighted by molar-refractivity contribution is -0.155. The molecule has 0 rings (SSSR count). The summed E-state index contributed by atoms with van der Waals surface area (Å²) in [5, 5.41) is 2.67. The average Bonchev–Trinajstić information content (AvgIpc) is 2.37. The maximum absolute atomic E-state index is 11.5. The average molecular weight is 304 g/mol. The number of rotatable bonds is 11. The fourth-order valence-corrected chi connectivity index (χ4v) is 1.36. The lowest BCUT2D eigenvalue weighted by atomic mass is 10.2. The highest BCUT2D eigenvalue weighted by Crippen LogP contribution is 2.08. The zero-order valence-electron chi connectivity index (χ0n) is 13.3. The number of hydrogen-bond donors (Lipinski definition) is 2. The van der Waals surface area contributed by atoms with Crippen LogP contribution in [0.5, 0.6) is 0 Å². The Balaban J connectivity index is 3.44. The van der Waals surface area contributed by atoms with Gasteiger partial charge in [-0.15, -0.1) is 0 Å². The van der Waals surface area contributed by atoms with Crippen LogP contribution in [0.3, 0.4) is 0 Å². The van der Waals surface area contributed by atoms with E-state index in [2.05, 4.69) is 5.32 Å². The Kier molecular flexibility index (Phi) is 10.8. The van der Waals surface area contributed by atoms with Crippen molar-refractivity contribution >= 4 is 11.9 Å². The van der Waals surface area contributed by atoms with Crippen LogP contribution in [0.1, 0.15) is 33.6 Å². The molecule has 0 unspecified atom stereocenters. The third-order valence-electron chi connectivity index (χ3n) is 2.18. The topological polar surface area (TPSA) is 99.9 Å². The highest BCUT2D eigenvalue weighted by molar-refractivity contribution is 5.81. The van der Waals surface area contributed by atoms with E-state index >= 15 is 0 Å². The number of carbonyl (C=O) groups is 2. The molecule has 0 aromatic rings. The molecule has 0 aliphatic carbocycles. The van der Waals surface area contributed by atoms with Crippen molar-refractivity contribution in [3.05, 3.63) is 0 Å². The molecule has 0 radical (unpaired) electrons. The van der Waals surface area contributed by atoms with Crippen molar-refractivity contribution in [3.63, 3.8) is 0 Å². The summed E-state index contributed by atoms with van der Waals surface area (Å²) in [5.41, 5.74) is 4.74. The minimum Gasteiger partial charge on any atom is -0.460 e. The van der Waals surface area contributed by atoms with E-state index in [1.54, 1.807) is 20.8 Å². The van der Waals surface area contributed by atoms with Gasteiger partial charge in [0.05, 0.1) is 32.8 Å². The molecule has 7 nitrogen and oxygen atoms in total. The standard InChI is InChI=1S/C14H28N2O5/c1-14(2,3)21-13(18)5-4-12(17)16-7-9-20-11-10-19-8-6-15/h4-11,15H2,1-3H3,(H,16,17). The Labute approximate surface area is 126 Å². The van der Waals surface area contributed by atoms with Gasteiger partial charge >= 0.3 is 5.97 Å². The fourth-order valence-electron chi connectivity index (χ4n) is 1.36. The molecular formula is C14H28N2O5. The summed E-state index contributed by atoms with van der Waals surface area (Å²) < 4.78 is 15.5. The van der Waals surface area contributed by atoms with Gasteiger partial charge in [-0.2, -0.15) is 0 Å². The van der Waals surface area contributed by atoms with Crippen LogP contribution in [0.2, 0.25) is 0 Å². The second kappa shape index (κ2) is 11.5. The van der Waals surface area contributed by atoms with Gasteiger partial charge in [0, 0.05) is 19.5 Å². The quantitative estimate of drug-likeness (QED) is 0.418. The lowest BCUT2D eigenvalue weighted by Crippen LogP contribution is -2.29. The maximum atomic E-state index is 11.5. The van der Waals surface area contributed by atoms with Crippen LogP contribution in [-0.2, 0) is 23.8 Å². The molecule has 0 fully saturated rings. The van der Waals surface area contributed by atoms with Crippen molar-refractivity contribution in [2.75, 3.05) is 39.5 Å². The molecule has 0 heterocycles. The number of ether oxygens (including phenoxy) is 3. The Morgan fingerprint density at radius 2 is 1.62 bits per heavy atom. The van der Waals surface area contributed by atoms with E-state index in [-0.39, 0.29) is 24.7 Å². The smallest absolute Gasteiger partial charge is 0.306 e. The van der Waals surface area contributed by atoms with Gasteiger partial charge < -0.3 is 25.3 Å². The molecular weight excluding hydrogens is 276 g/mol. The minimum atomic E-state index is -0.520. The SMILES string of the molecule is CC(C)(C)OC(=O)CCC(=O)NCCOCCOCCN. The minimum absolute atomic E-state index is 0.0802. The van der Waals surface area contributed by atoms with Gasteiger partial charge in [0.1, 0.15) is 5.60 Å². The molecule has 0 saturated carbocycles. The van der Waals surface area contributed by atoms with Crippen LogP contribution in [0.4, 0.5) is 0 Å². The molecule has 7 heteroatoms. The molecule has 0 atom stereocenters. The second-order valence-corrected chi connectivity index (χ2v) is 5.45. The zero-order chi connectivity index (χ0) is 16.1. The molecule has 21 heavy (non-hydrogen) atoms. The molecule has 0 spiro atoms. The Bertz CT molecular complexity index is 302. The normalized spacial score (nSPS) is 11.2. The molecule has 0 aliphatic heterocycles. The summed E-state index contributed by atoms with van der Waals surface area (Å²) in [6.45, 7) is 8.16. The summed E-state index contributed by atoms with van der Waals surface area (Å²) in [6.07, 6.45) is 0.200. The molecule has 0 aliphatic rings. The van der Waals surface area contributed by atoms with Crippen LogP contribution in [0.25, 0.3) is 0 Å². The summed E-state index contributed by atoms with van der Waals surface area (Å²) in [4.78, 5) is 22.9. The van der Waals surface area contributed by atoms with Gasteiger partial charge in [0.25, 0.3) is 0 Å². The van der Waals surface area contributed by atoms with E-state index in [4.69, 9.17) is 19.9 Å². The molecule has 1 amide bonds. The Morgan fingerprint density at radius 3 is 2.19 bits per heavy atom. The van der Waals surface area contributed by atoms with Crippen molar-refractivity contribution in [1.29, 1.82) is 0 Å². The summed E-state index contributed by atoms with van der Waals surface area (Å²) in [5.74, 6) is -0.560. The monoisotopic (exact) mass is 304 g/mol. The number of esters is 1. The van der Waals surface area contributed by atoms with Crippen LogP contribution in [0.15, 0.2) is 0 Å². The van der Waals surface area contributed by atoms with E-state index in [1.807, 2.05) is 0 Å². The second-order valence-electron chi connectivity index (χ2n) is 5.45. The Hall–Kier alpha value is -1.18. The number of carbonyl (C=O) groups excluding carboxylic acids is 2. The first-order valence-electron chi connectivity index (χ1n) is 7.19. The van der Waals surface area contributed by atoms with Gasteiger partial charge in [0.15, 0.2) is 0 Å². The van der Waals surface area contributed by atoms with Gasteiger partial charge in [-0.05, 0) is 20.8 Å². The van der Waals surface area contributed by atoms with Crippen LogP contribution >= 0.6 is 0 Å². The summed E-state index contributed by atoms with van der Waals surface area (Å²) >= 11 is 0. The van der Waals surface area contributed by atoms with Crippen molar-refractivity contribution in [3.8, 4) is 0 Å². The molecule has 3 N–H and O–H groups in total. The number of amides is 1. The van der Waals surface area contributed by atoms with E-state index in [0.29, 0.717) is 39.5 Å². The van der Waals surface area contributed by atoms with E-state index in [9.17, 15) is 9.59 Å². The van der Waals surface area contributed by atoms with Gasteiger partial charge in [-0.3, -0.25) is 9.59 Å².